The van der Waals surface area contributed by atoms with Gasteiger partial charge in [0.1, 0.15) is 6.61 Å². The SMILES string of the molecule is CC(=O)NCCC#Cc1ccc2c(c1)C(=O)OC2. The highest BCUT2D eigenvalue weighted by molar-refractivity contribution is 5.93. The van der Waals surface area contributed by atoms with Crippen LogP contribution in [0.25, 0.3) is 0 Å². The van der Waals surface area contributed by atoms with Crippen LogP contribution < -0.4 is 5.32 Å². The van der Waals surface area contributed by atoms with Crippen molar-refractivity contribution in [2.45, 2.75) is 20.0 Å². The second-order valence-electron chi connectivity index (χ2n) is 3.98. The van der Waals surface area contributed by atoms with Crippen LogP contribution in [0.4, 0.5) is 0 Å². The minimum absolute atomic E-state index is 0.0583. The normalized spacial score (nSPS) is 12.2. The molecule has 0 atom stereocenters. The molecule has 1 N–H and O–H groups in total. The Hall–Kier alpha value is -2.28. The van der Waals surface area contributed by atoms with E-state index in [-0.39, 0.29) is 11.9 Å². The van der Waals surface area contributed by atoms with Crippen LogP contribution in [-0.4, -0.2) is 18.4 Å². The lowest BCUT2D eigenvalue weighted by molar-refractivity contribution is -0.118. The van der Waals surface area contributed by atoms with Gasteiger partial charge in [-0.25, -0.2) is 4.79 Å². The van der Waals surface area contributed by atoms with Gasteiger partial charge in [0.2, 0.25) is 5.91 Å². The summed E-state index contributed by atoms with van der Waals surface area (Å²) in [7, 11) is 0. The van der Waals surface area contributed by atoms with Gasteiger partial charge in [-0.05, 0) is 12.1 Å². The number of rotatable bonds is 2. The molecule has 2 rings (SSSR count). The molecule has 92 valence electrons. The Morgan fingerprint density at radius 3 is 3.11 bits per heavy atom. The minimum atomic E-state index is -0.285. The van der Waals surface area contributed by atoms with Crippen LogP contribution in [0.1, 0.15) is 34.8 Å². The van der Waals surface area contributed by atoms with Gasteiger partial charge in [-0.3, -0.25) is 4.79 Å². The fraction of sp³-hybridized carbons (Fsp3) is 0.286. The van der Waals surface area contributed by atoms with Crippen molar-refractivity contribution in [1.82, 2.24) is 5.32 Å². The number of amides is 1. The number of carbonyl (C=O) groups excluding carboxylic acids is 2. The molecule has 0 unspecified atom stereocenters. The van der Waals surface area contributed by atoms with Gasteiger partial charge in [0, 0.05) is 31.0 Å². The summed E-state index contributed by atoms with van der Waals surface area (Å²) in [6, 6.07) is 5.47. The monoisotopic (exact) mass is 243 g/mol. The van der Waals surface area contributed by atoms with E-state index in [4.69, 9.17) is 4.74 Å². The van der Waals surface area contributed by atoms with Crippen LogP contribution >= 0.6 is 0 Å². The van der Waals surface area contributed by atoms with Crippen molar-refractivity contribution < 1.29 is 14.3 Å². The standard InChI is InChI=1S/C14H13NO3/c1-10(16)15-7-3-2-4-11-5-6-12-9-18-14(17)13(12)8-11/h5-6,8H,3,7,9H2,1H3,(H,15,16). The first-order valence-corrected chi connectivity index (χ1v) is 5.70. The topological polar surface area (TPSA) is 55.4 Å². The molecule has 0 aromatic heterocycles. The third-order valence-electron chi connectivity index (χ3n) is 2.55. The number of carbonyl (C=O) groups is 2. The van der Waals surface area contributed by atoms with Crippen molar-refractivity contribution in [2.24, 2.45) is 0 Å². The predicted molar refractivity (Wildman–Crippen MR) is 65.7 cm³/mol. The Morgan fingerprint density at radius 2 is 2.33 bits per heavy atom. The molecule has 1 heterocycles. The van der Waals surface area contributed by atoms with Crippen molar-refractivity contribution in [3.05, 3.63) is 34.9 Å². The number of hydrogen-bond donors (Lipinski definition) is 1. The van der Waals surface area contributed by atoms with Gasteiger partial charge >= 0.3 is 5.97 Å². The van der Waals surface area contributed by atoms with Crippen molar-refractivity contribution in [1.29, 1.82) is 0 Å². The summed E-state index contributed by atoms with van der Waals surface area (Å²) in [5, 5.41) is 2.66. The molecule has 0 aliphatic carbocycles. The maximum absolute atomic E-state index is 11.4. The molecule has 0 bridgehead atoms. The summed E-state index contributed by atoms with van der Waals surface area (Å²) in [6.07, 6.45) is 0.584. The van der Waals surface area contributed by atoms with Crippen LogP contribution in [0.5, 0.6) is 0 Å². The Bertz CT molecular complexity index is 552. The van der Waals surface area contributed by atoms with Crippen LogP contribution in [-0.2, 0) is 16.1 Å². The lowest BCUT2D eigenvalue weighted by atomic mass is 10.1. The smallest absolute Gasteiger partial charge is 0.338 e. The molecule has 1 aromatic carbocycles. The Morgan fingerprint density at radius 1 is 1.50 bits per heavy atom. The fourth-order valence-electron chi connectivity index (χ4n) is 1.66. The van der Waals surface area contributed by atoms with Gasteiger partial charge in [-0.1, -0.05) is 17.9 Å². The third kappa shape index (κ3) is 2.89. The maximum atomic E-state index is 11.4. The van der Waals surface area contributed by atoms with Crippen molar-refractivity contribution in [2.75, 3.05) is 6.54 Å². The molecule has 0 spiro atoms. The lowest BCUT2D eigenvalue weighted by Gasteiger charge is -1.96. The first-order chi connectivity index (χ1) is 8.66. The second-order valence-corrected chi connectivity index (χ2v) is 3.98. The maximum Gasteiger partial charge on any atom is 0.338 e. The molecule has 0 saturated heterocycles. The zero-order chi connectivity index (χ0) is 13.0. The average Bonchev–Trinajstić information content (AvgIpc) is 2.70. The van der Waals surface area contributed by atoms with Crippen molar-refractivity contribution in [3.8, 4) is 11.8 Å². The van der Waals surface area contributed by atoms with E-state index in [1.165, 1.54) is 6.92 Å². The summed E-state index contributed by atoms with van der Waals surface area (Å²) in [6.45, 7) is 2.36. The molecule has 1 amide bonds. The summed E-state index contributed by atoms with van der Waals surface area (Å²) in [4.78, 5) is 22.0. The largest absolute Gasteiger partial charge is 0.457 e. The number of fused-ring (bicyclic) bond motifs is 1. The second kappa shape index (κ2) is 5.37. The van der Waals surface area contributed by atoms with Gasteiger partial charge in [0.05, 0.1) is 5.56 Å². The summed E-state index contributed by atoms with van der Waals surface area (Å²) in [5.41, 5.74) is 2.29. The minimum Gasteiger partial charge on any atom is -0.457 e. The van der Waals surface area contributed by atoms with Crippen LogP contribution in [0.2, 0.25) is 0 Å². The fourth-order valence-corrected chi connectivity index (χ4v) is 1.66. The molecular weight excluding hydrogens is 230 g/mol. The first-order valence-electron chi connectivity index (χ1n) is 5.70. The van der Waals surface area contributed by atoms with E-state index < -0.39 is 0 Å². The van der Waals surface area contributed by atoms with Gasteiger partial charge in [0.25, 0.3) is 0 Å². The van der Waals surface area contributed by atoms with E-state index in [1.807, 2.05) is 12.1 Å². The zero-order valence-corrected chi connectivity index (χ0v) is 10.1. The first kappa shape index (κ1) is 12.2. The highest BCUT2D eigenvalue weighted by atomic mass is 16.5. The molecule has 4 heteroatoms. The molecule has 0 radical (unpaired) electrons. The van der Waals surface area contributed by atoms with E-state index in [0.29, 0.717) is 25.1 Å². The molecule has 18 heavy (non-hydrogen) atoms. The average molecular weight is 243 g/mol. The van der Waals surface area contributed by atoms with E-state index in [0.717, 1.165) is 11.1 Å². The van der Waals surface area contributed by atoms with E-state index >= 15 is 0 Å². The molecule has 1 aliphatic heterocycles. The van der Waals surface area contributed by atoms with E-state index in [2.05, 4.69) is 17.2 Å². The summed E-state index contributed by atoms with van der Waals surface area (Å²) in [5.74, 6) is 5.56. The number of ether oxygens (including phenoxy) is 1. The molecule has 0 saturated carbocycles. The number of esters is 1. The highest BCUT2D eigenvalue weighted by Gasteiger charge is 2.20. The van der Waals surface area contributed by atoms with Gasteiger partial charge in [0.15, 0.2) is 0 Å². The van der Waals surface area contributed by atoms with Crippen molar-refractivity contribution in [3.63, 3.8) is 0 Å². The number of cyclic esters (lactones) is 1. The van der Waals surface area contributed by atoms with Gasteiger partial charge in [-0.15, -0.1) is 0 Å². The number of hydrogen-bond acceptors (Lipinski definition) is 3. The Balaban J connectivity index is 1.98. The lowest BCUT2D eigenvalue weighted by Crippen LogP contribution is -2.20. The van der Waals surface area contributed by atoms with Crippen molar-refractivity contribution >= 4 is 11.9 Å². The van der Waals surface area contributed by atoms with Crippen LogP contribution in [0.3, 0.4) is 0 Å². The number of benzene rings is 1. The van der Waals surface area contributed by atoms with Crippen LogP contribution in [0, 0.1) is 11.8 Å². The van der Waals surface area contributed by atoms with E-state index in [1.54, 1.807) is 6.07 Å². The summed E-state index contributed by atoms with van der Waals surface area (Å²) < 4.78 is 4.91. The Labute approximate surface area is 105 Å². The molecule has 1 aliphatic rings. The zero-order valence-electron chi connectivity index (χ0n) is 10.1. The van der Waals surface area contributed by atoms with Crippen LogP contribution in [0.15, 0.2) is 18.2 Å². The summed E-state index contributed by atoms with van der Waals surface area (Å²) >= 11 is 0. The van der Waals surface area contributed by atoms with Gasteiger partial charge in [-0.2, -0.15) is 0 Å². The molecular formula is C14H13NO3. The molecule has 1 aromatic rings. The number of nitrogens with one attached hydrogen (secondary N) is 1. The predicted octanol–water partition coefficient (Wildman–Crippen LogP) is 1.23. The van der Waals surface area contributed by atoms with Gasteiger partial charge < -0.3 is 10.1 Å². The van der Waals surface area contributed by atoms with E-state index in [9.17, 15) is 9.59 Å². The quantitative estimate of drug-likeness (QED) is 0.483. The highest BCUT2D eigenvalue weighted by Crippen LogP contribution is 2.20. The molecule has 0 fully saturated rings. The third-order valence-corrected chi connectivity index (χ3v) is 2.55. The molecule has 4 nitrogen and oxygen atoms in total. The Kier molecular flexibility index (Phi) is 3.63.